The van der Waals surface area contributed by atoms with Crippen molar-refractivity contribution in [1.29, 1.82) is 0 Å². The van der Waals surface area contributed by atoms with Gasteiger partial charge in [0.1, 0.15) is 11.6 Å². The molecule has 0 saturated carbocycles. The van der Waals surface area contributed by atoms with Gasteiger partial charge in [-0.15, -0.1) is 0 Å². The minimum atomic E-state index is -0.540. The SMILES string of the molecule is CSCCCCNc1cc(F)cc(F)c1. The second-order valence-corrected chi connectivity index (χ2v) is 4.27. The summed E-state index contributed by atoms with van der Waals surface area (Å²) in [5.74, 6) is 0.0439. The summed E-state index contributed by atoms with van der Waals surface area (Å²) < 4.78 is 25.5. The largest absolute Gasteiger partial charge is 0.385 e. The Kier molecular flexibility index (Phi) is 5.47. The van der Waals surface area contributed by atoms with Gasteiger partial charge in [0.25, 0.3) is 0 Å². The molecule has 0 aliphatic carbocycles. The van der Waals surface area contributed by atoms with Crippen molar-refractivity contribution in [2.45, 2.75) is 12.8 Å². The average Bonchev–Trinajstić information content (AvgIpc) is 2.16. The molecule has 0 radical (unpaired) electrons. The predicted octanol–water partition coefficient (Wildman–Crippen LogP) is 3.52. The lowest BCUT2D eigenvalue weighted by Crippen LogP contribution is -2.02. The van der Waals surface area contributed by atoms with E-state index in [4.69, 9.17) is 0 Å². The molecule has 4 heteroatoms. The quantitative estimate of drug-likeness (QED) is 0.752. The van der Waals surface area contributed by atoms with E-state index in [1.165, 1.54) is 12.1 Å². The van der Waals surface area contributed by atoms with Crippen LogP contribution in [0.15, 0.2) is 18.2 Å². The first kappa shape index (κ1) is 12.3. The fourth-order valence-corrected chi connectivity index (χ4v) is 1.75. The number of hydrogen-bond donors (Lipinski definition) is 1. The summed E-state index contributed by atoms with van der Waals surface area (Å²) in [5.41, 5.74) is 0.511. The highest BCUT2D eigenvalue weighted by Crippen LogP contribution is 2.12. The van der Waals surface area contributed by atoms with Gasteiger partial charge in [0.2, 0.25) is 0 Å². The van der Waals surface area contributed by atoms with E-state index < -0.39 is 11.6 Å². The second-order valence-electron chi connectivity index (χ2n) is 3.28. The molecule has 1 aromatic rings. The summed E-state index contributed by atoms with van der Waals surface area (Å²) in [4.78, 5) is 0. The van der Waals surface area contributed by atoms with Crippen LogP contribution in [0.25, 0.3) is 0 Å². The third-order valence-corrected chi connectivity index (χ3v) is 2.66. The van der Waals surface area contributed by atoms with E-state index in [9.17, 15) is 8.78 Å². The number of nitrogens with one attached hydrogen (secondary N) is 1. The predicted molar refractivity (Wildman–Crippen MR) is 62.5 cm³/mol. The molecule has 0 aliphatic rings. The summed E-state index contributed by atoms with van der Waals surface area (Å²) in [7, 11) is 0. The summed E-state index contributed by atoms with van der Waals surface area (Å²) in [6, 6.07) is 3.48. The molecule has 0 atom stereocenters. The molecule has 1 N–H and O–H groups in total. The molecule has 0 aliphatic heterocycles. The highest BCUT2D eigenvalue weighted by Gasteiger charge is 1.99. The van der Waals surface area contributed by atoms with Crippen LogP contribution in [0.3, 0.4) is 0 Å². The zero-order valence-electron chi connectivity index (χ0n) is 8.72. The molecule has 15 heavy (non-hydrogen) atoms. The fraction of sp³-hybridized carbons (Fsp3) is 0.455. The van der Waals surface area contributed by atoms with Gasteiger partial charge in [0.15, 0.2) is 0 Å². The molecule has 0 spiro atoms. The van der Waals surface area contributed by atoms with Crippen molar-refractivity contribution in [3.63, 3.8) is 0 Å². The summed E-state index contributed by atoms with van der Waals surface area (Å²) >= 11 is 1.80. The maximum Gasteiger partial charge on any atom is 0.128 e. The molecule has 1 nitrogen and oxygen atoms in total. The van der Waals surface area contributed by atoms with E-state index in [-0.39, 0.29) is 0 Å². The number of halogens is 2. The summed E-state index contributed by atoms with van der Waals surface area (Å²) in [5, 5.41) is 3.00. The van der Waals surface area contributed by atoms with Crippen LogP contribution in [-0.2, 0) is 0 Å². The molecule has 0 heterocycles. The maximum absolute atomic E-state index is 12.8. The third kappa shape index (κ3) is 5.02. The normalized spacial score (nSPS) is 10.3. The Morgan fingerprint density at radius 1 is 1.13 bits per heavy atom. The first-order chi connectivity index (χ1) is 7.22. The van der Waals surface area contributed by atoms with E-state index in [2.05, 4.69) is 11.6 Å². The Morgan fingerprint density at radius 2 is 1.80 bits per heavy atom. The second kappa shape index (κ2) is 6.67. The van der Waals surface area contributed by atoms with Gasteiger partial charge < -0.3 is 5.32 Å². The van der Waals surface area contributed by atoms with Crippen LogP contribution in [0.5, 0.6) is 0 Å². The number of anilines is 1. The van der Waals surface area contributed by atoms with Gasteiger partial charge in [-0.2, -0.15) is 11.8 Å². The first-order valence-corrected chi connectivity index (χ1v) is 6.30. The maximum atomic E-state index is 12.8. The third-order valence-electron chi connectivity index (χ3n) is 1.97. The van der Waals surface area contributed by atoms with Gasteiger partial charge >= 0.3 is 0 Å². The molecule has 0 unspecified atom stereocenters. The molecule has 1 rings (SSSR count). The van der Waals surface area contributed by atoms with E-state index in [0.717, 1.165) is 31.2 Å². The van der Waals surface area contributed by atoms with Gasteiger partial charge in [-0.25, -0.2) is 8.78 Å². The number of rotatable bonds is 6. The van der Waals surface area contributed by atoms with Crippen molar-refractivity contribution >= 4 is 17.4 Å². The van der Waals surface area contributed by atoms with Gasteiger partial charge in [-0.3, -0.25) is 0 Å². The van der Waals surface area contributed by atoms with Crippen molar-refractivity contribution in [2.24, 2.45) is 0 Å². The van der Waals surface area contributed by atoms with Crippen LogP contribution < -0.4 is 5.32 Å². The van der Waals surface area contributed by atoms with E-state index in [1.54, 1.807) is 11.8 Å². The van der Waals surface area contributed by atoms with E-state index in [1.807, 2.05) is 0 Å². The van der Waals surface area contributed by atoms with Crippen molar-refractivity contribution in [3.8, 4) is 0 Å². The van der Waals surface area contributed by atoms with Crippen molar-refractivity contribution < 1.29 is 8.78 Å². The Balaban J connectivity index is 2.31. The van der Waals surface area contributed by atoms with Gasteiger partial charge in [-0.05, 0) is 37.0 Å². The molecule has 0 fully saturated rings. The monoisotopic (exact) mass is 231 g/mol. The number of hydrogen-bond acceptors (Lipinski definition) is 2. The van der Waals surface area contributed by atoms with Crippen molar-refractivity contribution in [2.75, 3.05) is 23.9 Å². The Bertz CT molecular complexity index is 284. The average molecular weight is 231 g/mol. The number of unbranched alkanes of at least 4 members (excludes halogenated alkanes) is 1. The summed E-state index contributed by atoms with van der Waals surface area (Å²) in [6.07, 6.45) is 4.19. The molecular formula is C11H15F2NS. The molecule has 0 bridgehead atoms. The van der Waals surface area contributed by atoms with E-state index in [0.29, 0.717) is 5.69 Å². The molecule has 84 valence electrons. The first-order valence-electron chi connectivity index (χ1n) is 4.91. The van der Waals surface area contributed by atoms with Crippen LogP contribution in [0, 0.1) is 11.6 Å². The van der Waals surface area contributed by atoms with Crippen molar-refractivity contribution in [1.82, 2.24) is 0 Å². The molecule has 0 amide bonds. The Labute approximate surface area is 93.3 Å². The topological polar surface area (TPSA) is 12.0 Å². The molecule has 1 aromatic carbocycles. The number of thioether (sulfide) groups is 1. The zero-order chi connectivity index (χ0) is 11.1. The van der Waals surface area contributed by atoms with Crippen LogP contribution in [0.4, 0.5) is 14.5 Å². The lowest BCUT2D eigenvalue weighted by Gasteiger charge is -2.06. The smallest absolute Gasteiger partial charge is 0.128 e. The van der Waals surface area contributed by atoms with Crippen LogP contribution >= 0.6 is 11.8 Å². The van der Waals surface area contributed by atoms with E-state index >= 15 is 0 Å². The summed E-state index contributed by atoms with van der Waals surface area (Å²) in [6.45, 7) is 0.753. The lowest BCUT2D eigenvalue weighted by molar-refractivity contribution is 0.584. The lowest BCUT2D eigenvalue weighted by atomic mass is 10.3. The minimum absolute atomic E-state index is 0.511. The fourth-order valence-electron chi connectivity index (χ4n) is 1.26. The molecule has 0 saturated heterocycles. The van der Waals surface area contributed by atoms with Crippen LogP contribution in [-0.4, -0.2) is 18.6 Å². The van der Waals surface area contributed by atoms with Crippen LogP contribution in [0.2, 0.25) is 0 Å². The Hall–Kier alpha value is -0.770. The van der Waals surface area contributed by atoms with Crippen molar-refractivity contribution in [3.05, 3.63) is 29.8 Å². The van der Waals surface area contributed by atoms with Gasteiger partial charge in [0.05, 0.1) is 0 Å². The minimum Gasteiger partial charge on any atom is -0.385 e. The Morgan fingerprint density at radius 3 is 2.40 bits per heavy atom. The van der Waals surface area contributed by atoms with Crippen LogP contribution in [0.1, 0.15) is 12.8 Å². The molecular weight excluding hydrogens is 216 g/mol. The highest BCUT2D eigenvalue weighted by molar-refractivity contribution is 7.98. The van der Waals surface area contributed by atoms with Gasteiger partial charge in [-0.1, -0.05) is 0 Å². The zero-order valence-corrected chi connectivity index (χ0v) is 9.54. The number of benzene rings is 1. The van der Waals surface area contributed by atoms with Gasteiger partial charge in [0, 0.05) is 18.3 Å². The standard InChI is InChI=1S/C11H15F2NS/c1-15-5-3-2-4-14-11-7-9(12)6-10(13)8-11/h6-8,14H,2-5H2,1H3. The molecule has 0 aromatic heterocycles. The highest BCUT2D eigenvalue weighted by atomic mass is 32.2.